The van der Waals surface area contributed by atoms with E-state index >= 15 is 0 Å². The van der Waals surface area contributed by atoms with Crippen LogP contribution in [0.25, 0.3) is 0 Å². The van der Waals surface area contributed by atoms with Crippen molar-refractivity contribution in [3.05, 3.63) is 0 Å². The Morgan fingerprint density at radius 2 is 1.54 bits per heavy atom. The molecule has 15 nitrogen and oxygen atoms in total. The summed E-state index contributed by atoms with van der Waals surface area (Å²) < 4.78 is 52.0. The van der Waals surface area contributed by atoms with E-state index in [1.54, 1.807) is 28.1 Å². The lowest BCUT2D eigenvalue weighted by molar-refractivity contribution is -0.315. The summed E-state index contributed by atoms with van der Waals surface area (Å²) in [5.74, 6) is -2.53. The number of hydrogen-bond donors (Lipinski definition) is 3. The molecule has 0 aromatic rings. The molecule has 0 amide bonds. The summed E-state index contributed by atoms with van der Waals surface area (Å²) >= 11 is 0. The van der Waals surface area contributed by atoms with Crippen molar-refractivity contribution >= 4 is 12.0 Å². The summed E-state index contributed by atoms with van der Waals surface area (Å²) in [6.45, 7) is 23.1. The highest BCUT2D eigenvalue weighted by Crippen LogP contribution is 2.42. The number of amidine groups is 1. The van der Waals surface area contributed by atoms with E-state index in [1.807, 2.05) is 69.5 Å². The normalized spacial score (nSPS) is 47.9. The number of likely N-dealkylation sites (N-methyl/N-ethyl adjacent to an activating group) is 1. The molecule has 0 aromatic carbocycles. The largest absolute Gasteiger partial charge is 0.459 e. The molecule has 4 aliphatic rings. The molecule has 4 fully saturated rings. The lowest BCUT2D eigenvalue weighted by atomic mass is 9.78. The van der Waals surface area contributed by atoms with Crippen LogP contribution in [0, 0.1) is 17.8 Å². The number of cyclic esters (lactones) is 1. The van der Waals surface area contributed by atoms with Crippen molar-refractivity contribution in [1.29, 1.82) is 0 Å². The van der Waals surface area contributed by atoms with Gasteiger partial charge in [0.15, 0.2) is 18.7 Å². The van der Waals surface area contributed by atoms with E-state index in [2.05, 4.69) is 16.7 Å². The van der Waals surface area contributed by atoms with Crippen LogP contribution < -0.4 is 0 Å². The number of carbonyl (C=O) groups is 1. The second kappa shape index (κ2) is 18.9. The lowest BCUT2D eigenvalue weighted by Gasteiger charge is -2.49. The zero-order valence-corrected chi connectivity index (χ0v) is 37.6. The van der Waals surface area contributed by atoms with Gasteiger partial charge in [-0.25, -0.2) is 4.99 Å². The van der Waals surface area contributed by atoms with Crippen molar-refractivity contribution in [3.63, 3.8) is 0 Å². The van der Waals surface area contributed by atoms with Gasteiger partial charge in [-0.15, -0.1) is 0 Å². The molecule has 0 saturated carbocycles. The van der Waals surface area contributed by atoms with Crippen LogP contribution in [-0.2, 0) is 42.7 Å². The number of rotatable bonds is 8. The Balaban J connectivity index is 1.87. The summed E-state index contributed by atoms with van der Waals surface area (Å²) in [5, 5.41) is 34.5. The van der Waals surface area contributed by atoms with Crippen molar-refractivity contribution in [2.45, 2.75) is 205 Å². The molecule has 4 saturated heterocycles. The van der Waals surface area contributed by atoms with E-state index < -0.39 is 89.9 Å². The summed E-state index contributed by atoms with van der Waals surface area (Å²) in [7, 11) is 7.17. The van der Waals surface area contributed by atoms with Crippen LogP contribution >= 0.6 is 0 Å². The van der Waals surface area contributed by atoms with Crippen LogP contribution in [0.3, 0.4) is 0 Å². The van der Waals surface area contributed by atoms with Crippen molar-refractivity contribution in [1.82, 2.24) is 9.80 Å². The van der Waals surface area contributed by atoms with Gasteiger partial charge in [0.2, 0.25) is 0 Å². The Bertz CT molecular complexity index is 1350. The van der Waals surface area contributed by atoms with Crippen LogP contribution in [0.4, 0.5) is 0 Å². The fourth-order valence-corrected chi connectivity index (χ4v) is 9.49. The number of aliphatic hydroxyl groups is 3. The minimum Gasteiger partial charge on any atom is -0.459 e. The Kier molecular flexibility index (Phi) is 16.0. The van der Waals surface area contributed by atoms with Gasteiger partial charge < -0.3 is 63.0 Å². The maximum atomic E-state index is 14.4. The molecule has 0 unspecified atom stereocenters. The van der Waals surface area contributed by atoms with E-state index in [4.69, 9.17) is 42.9 Å². The molecule has 4 aliphatic heterocycles. The molecule has 3 N–H and O–H groups in total. The average Bonchev–Trinajstić information content (AvgIpc) is 3.45. The first kappa shape index (κ1) is 48.0. The van der Waals surface area contributed by atoms with Crippen LogP contribution in [0.15, 0.2) is 4.99 Å². The number of hydrogen-bond acceptors (Lipinski definition) is 14. The molecule has 0 aromatic heterocycles. The number of aliphatic imine (C=N–C) groups is 1. The van der Waals surface area contributed by atoms with Crippen LogP contribution in [0.5, 0.6) is 0 Å². The molecule has 0 spiro atoms. The molecule has 0 radical (unpaired) electrons. The predicted octanol–water partition coefficient (Wildman–Crippen LogP) is 3.73. The third-order valence-corrected chi connectivity index (χ3v) is 13.4. The predicted molar refractivity (Wildman–Crippen MR) is 214 cm³/mol. The number of ether oxygens (including phenoxy) is 8. The highest BCUT2D eigenvalue weighted by molar-refractivity contribution is 5.76. The topological polar surface area (TPSA) is 170 Å². The third kappa shape index (κ3) is 10.3. The number of methoxy groups -OCH3 is 2. The summed E-state index contributed by atoms with van der Waals surface area (Å²) in [5.41, 5.74) is -3.75. The smallest absolute Gasteiger partial charge is 0.311 e. The number of esters is 1. The molecule has 332 valence electrons. The van der Waals surface area contributed by atoms with Crippen molar-refractivity contribution in [2.24, 2.45) is 22.7 Å². The van der Waals surface area contributed by atoms with Crippen LogP contribution in [0.1, 0.15) is 109 Å². The van der Waals surface area contributed by atoms with Gasteiger partial charge in [-0.3, -0.25) is 4.79 Å². The van der Waals surface area contributed by atoms with Crippen molar-refractivity contribution in [2.75, 3.05) is 34.9 Å². The number of fused-ring (bicyclic) bond motifs is 1. The molecule has 57 heavy (non-hydrogen) atoms. The molecule has 0 aliphatic carbocycles. The van der Waals surface area contributed by atoms with E-state index in [9.17, 15) is 20.1 Å². The first-order valence-electron chi connectivity index (χ1n) is 21.1. The van der Waals surface area contributed by atoms with E-state index in [0.29, 0.717) is 25.4 Å². The number of nitrogens with zero attached hydrogens (tertiary/aromatic N) is 3. The highest BCUT2D eigenvalue weighted by atomic mass is 16.7. The zero-order chi connectivity index (χ0) is 42.9. The standard InChI is InChI=1S/C42H77N3O12/c1-17-30-42(12,49)34(46)23(4)21-44(13)24(5)19-41(11,51-16)36(57-38-33-29(18-25(6)52-38)45(14)39(56-33)43-22(2)3)26(7)32(27(8)37(48)54-30)55-31-20-40(10,50-15)35(47)28(9)53-31/h22-36,38,46-47,49H,17-21H2,1-16H3/t23-,24+,25+,26-,27+,28-,29-,30+,31-,32-,33+,34+,35-,36+,38+,40+,41+,42+/m0/s1. The van der Waals surface area contributed by atoms with Gasteiger partial charge in [-0.05, 0) is 94.5 Å². The fraction of sp³-hybridized carbons (Fsp3) is 0.952. The summed E-state index contributed by atoms with van der Waals surface area (Å²) in [6.07, 6.45) is -6.25. The quantitative estimate of drug-likeness (QED) is 0.303. The fourth-order valence-electron chi connectivity index (χ4n) is 9.49. The molecule has 0 bridgehead atoms. The van der Waals surface area contributed by atoms with Gasteiger partial charge in [0.1, 0.15) is 17.8 Å². The van der Waals surface area contributed by atoms with Gasteiger partial charge in [0.25, 0.3) is 6.02 Å². The zero-order valence-electron chi connectivity index (χ0n) is 37.6. The number of aliphatic hydroxyl groups excluding tert-OH is 2. The lowest BCUT2D eigenvalue weighted by Crippen LogP contribution is -2.60. The summed E-state index contributed by atoms with van der Waals surface area (Å²) in [6, 6.07) is 0.395. The second-order valence-electron chi connectivity index (χ2n) is 18.5. The van der Waals surface area contributed by atoms with E-state index in [-0.39, 0.29) is 43.0 Å². The molecule has 15 heteroatoms. The van der Waals surface area contributed by atoms with E-state index in [1.165, 1.54) is 6.92 Å². The monoisotopic (exact) mass is 816 g/mol. The maximum absolute atomic E-state index is 14.4. The number of carbonyl (C=O) groups excluding carboxylic acids is 1. The maximum Gasteiger partial charge on any atom is 0.311 e. The van der Waals surface area contributed by atoms with Gasteiger partial charge in [-0.1, -0.05) is 20.8 Å². The Morgan fingerprint density at radius 3 is 2.12 bits per heavy atom. The molecule has 18 atom stereocenters. The van der Waals surface area contributed by atoms with Crippen molar-refractivity contribution in [3.8, 4) is 0 Å². The summed E-state index contributed by atoms with van der Waals surface area (Å²) in [4.78, 5) is 23.4. The van der Waals surface area contributed by atoms with Gasteiger partial charge in [0, 0.05) is 52.2 Å². The molecular formula is C42H77N3O12. The minimum absolute atomic E-state index is 0.0178. The second-order valence-corrected chi connectivity index (χ2v) is 18.5. The Labute approximate surface area is 342 Å². The first-order valence-corrected chi connectivity index (χ1v) is 21.1. The first-order chi connectivity index (χ1) is 26.4. The van der Waals surface area contributed by atoms with Crippen molar-refractivity contribution < 1.29 is 58.0 Å². The van der Waals surface area contributed by atoms with E-state index in [0.717, 1.165) is 0 Å². The Morgan fingerprint density at radius 1 is 0.912 bits per heavy atom. The molecular weight excluding hydrogens is 738 g/mol. The molecule has 4 rings (SSSR count). The van der Waals surface area contributed by atoms with Gasteiger partial charge >= 0.3 is 5.97 Å². The highest BCUT2D eigenvalue weighted by Gasteiger charge is 2.55. The molecule has 4 heterocycles. The average molecular weight is 816 g/mol. The van der Waals surface area contributed by atoms with Crippen LogP contribution in [0.2, 0.25) is 0 Å². The van der Waals surface area contributed by atoms with Gasteiger partial charge in [-0.2, -0.15) is 0 Å². The van der Waals surface area contributed by atoms with Crippen LogP contribution in [-0.4, -0.2) is 168 Å². The Hall–Kier alpha value is -1.66. The third-order valence-electron chi connectivity index (χ3n) is 13.4. The SMILES string of the molecule is CC[C@H]1OC(=O)[C@H](C)[C@@H](O[C@H]2C[C@@](C)(OC)[C@@H](O)[C@H](C)O2)[C@H](C)[C@@H](O[C@H]2O[C@H](C)C[C@H]3[C@H]2OC(=NC(C)C)N3C)[C@](C)(OC)C[C@@H](C)N(C)C[C@H](C)[C@@H](O)[C@]1(C)O. The van der Waals surface area contributed by atoms with Gasteiger partial charge in [0.05, 0.1) is 53.7 Å². The minimum atomic E-state index is -1.75.